The van der Waals surface area contributed by atoms with Crippen LogP contribution in [0.1, 0.15) is 44.7 Å². The smallest absolute Gasteiger partial charge is 0.337 e. The van der Waals surface area contributed by atoms with Gasteiger partial charge < -0.3 is 20.1 Å². The van der Waals surface area contributed by atoms with E-state index in [2.05, 4.69) is 26.6 Å². The number of methoxy groups -OCH3 is 1. The minimum atomic E-state index is -0.570. The van der Waals surface area contributed by atoms with Gasteiger partial charge in [0, 0.05) is 5.70 Å². The average molecular weight is 411 g/mol. The largest absolute Gasteiger partial charge is 0.492 e. The van der Waals surface area contributed by atoms with Gasteiger partial charge in [0.2, 0.25) is 0 Å². The summed E-state index contributed by atoms with van der Waals surface area (Å²) in [6.45, 7) is 4.65. The molecule has 6 nitrogen and oxygen atoms in total. The number of hydrogen-bond donors (Lipinski definition) is 2. The standard InChI is InChI=1S/C18H23BrN2O4/c1-4-6-13-15(17(22)24-3)16(21-18(23)20-13)11-7-8-14(12(19)10-11)25-9-5-2/h7-8,10,16H,4-6,9H2,1-3H3,(H2,20,21,23). The zero-order valence-corrected chi connectivity index (χ0v) is 16.2. The number of amides is 2. The number of rotatable bonds is 7. The minimum absolute atomic E-state index is 0.330. The second kappa shape index (κ2) is 8.89. The maximum atomic E-state index is 12.3. The molecular formula is C18H23BrN2O4. The van der Waals surface area contributed by atoms with Crippen molar-refractivity contribution in [3.8, 4) is 5.75 Å². The summed E-state index contributed by atoms with van der Waals surface area (Å²) >= 11 is 3.49. The number of carbonyl (C=O) groups is 2. The van der Waals surface area contributed by atoms with Crippen molar-refractivity contribution in [1.29, 1.82) is 0 Å². The van der Waals surface area contributed by atoms with Crippen LogP contribution in [0.4, 0.5) is 4.79 Å². The zero-order valence-electron chi connectivity index (χ0n) is 14.6. The molecular weight excluding hydrogens is 388 g/mol. The molecule has 0 aromatic heterocycles. The van der Waals surface area contributed by atoms with E-state index >= 15 is 0 Å². The predicted octanol–water partition coefficient (Wildman–Crippen LogP) is 3.82. The van der Waals surface area contributed by atoms with Gasteiger partial charge in [0.25, 0.3) is 0 Å². The summed E-state index contributed by atoms with van der Waals surface area (Å²) in [7, 11) is 1.34. The Hall–Kier alpha value is -2.02. The van der Waals surface area contributed by atoms with Crippen LogP contribution >= 0.6 is 15.9 Å². The van der Waals surface area contributed by atoms with E-state index in [1.807, 2.05) is 32.0 Å². The lowest BCUT2D eigenvalue weighted by molar-refractivity contribution is -0.136. The Kier molecular flexibility index (Phi) is 6.87. The van der Waals surface area contributed by atoms with Gasteiger partial charge in [-0.3, -0.25) is 0 Å². The molecule has 1 atom stereocenters. The summed E-state index contributed by atoms with van der Waals surface area (Å²) in [5, 5.41) is 5.53. The van der Waals surface area contributed by atoms with E-state index in [0.29, 0.717) is 24.3 Å². The van der Waals surface area contributed by atoms with Crippen molar-refractivity contribution in [2.24, 2.45) is 0 Å². The third-order valence-corrected chi connectivity index (χ3v) is 4.43. The highest BCUT2D eigenvalue weighted by atomic mass is 79.9. The number of allylic oxidation sites excluding steroid dienone is 1. The number of ether oxygens (including phenoxy) is 2. The molecule has 2 N–H and O–H groups in total. The number of benzene rings is 1. The Morgan fingerprint density at radius 1 is 1.28 bits per heavy atom. The van der Waals surface area contributed by atoms with Crippen molar-refractivity contribution in [2.75, 3.05) is 13.7 Å². The summed E-state index contributed by atoms with van der Waals surface area (Å²) < 4.78 is 11.4. The second-order valence-corrected chi connectivity index (χ2v) is 6.56. The lowest BCUT2D eigenvalue weighted by Crippen LogP contribution is -2.45. The average Bonchev–Trinajstić information content (AvgIpc) is 2.60. The molecule has 1 unspecified atom stereocenters. The van der Waals surface area contributed by atoms with Crippen molar-refractivity contribution in [3.63, 3.8) is 0 Å². The van der Waals surface area contributed by atoms with Gasteiger partial charge in [0.1, 0.15) is 5.75 Å². The number of halogens is 1. The minimum Gasteiger partial charge on any atom is -0.492 e. The van der Waals surface area contributed by atoms with E-state index < -0.39 is 12.0 Å². The summed E-state index contributed by atoms with van der Waals surface area (Å²) in [5.41, 5.74) is 1.81. The lowest BCUT2D eigenvalue weighted by Gasteiger charge is -2.29. The number of esters is 1. The maximum absolute atomic E-state index is 12.3. The van der Waals surface area contributed by atoms with Gasteiger partial charge in [-0.1, -0.05) is 26.3 Å². The van der Waals surface area contributed by atoms with Crippen LogP contribution in [0.15, 0.2) is 33.9 Å². The highest BCUT2D eigenvalue weighted by Gasteiger charge is 2.33. The summed E-state index contributed by atoms with van der Waals surface area (Å²) in [4.78, 5) is 24.4. The molecule has 25 heavy (non-hydrogen) atoms. The van der Waals surface area contributed by atoms with Gasteiger partial charge in [-0.15, -0.1) is 0 Å². The molecule has 1 heterocycles. The number of carbonyl (C=O) groups excluding carboxylic acids is 2. The first-order valence-electron chi connectivity index (χ1n) is 8.32. The van der Waals surface area contributed by atoms with E-state index in [0.717, 1.165) is 28.6 Å². The SMILES string of the molecule is CCCOc1ccc(C2NC(=O)NC(CCC)=C2C(=O)OC)cc1Br. The zero-order chi connectivity index (χ0) is 18.4. The molecule has 0 spiro atoms. The quantitative estimate of drug-likeness (QED) is 0.669. The first kappa shape index (κ1) is 19.3. The third kappa shape index (κ3) is 4.54. The first-order valence-corrected chi connectivity index (χ1v) is 9.12. The van der Waals surface area contributed by atoms with Crippen LogP contribution in [0.3, 0.4) is 0 Å². The first-order chi connectivity index (χ1) is 12.0. The van der Waals surface area contributed by atoms with Crippen LogP contribution in [-0.2, 0) is 9.53 Å². The molecule has 2 rings (SSSR count). The Morgan fingerprint density at radius 3 is 2.64 bits per heavy atom. The topological polar surface area (TPSA) is 76.7 Å². The molecule has 0 aliphatic carbocycles. The fourth-order valence-corrected chi connectivity index (χ4v) is 3.20. The highest BCUT2D eigenvalue weighted by Crippen LogP contribution is 2.34. The molecule has 7 heteroatoms. The summed E-state index contributed by atoms with van der Waals surface area (Å²) in [6, 6.07) is 4.63. The van der Waals surface area contributed by atoms with Gasteiger partial charge in [-0.25, -0.2) is 9.59 Å². The molecule has 0 bridgehead atoms. The molecule has 1 aliphatic heterocycles. The van der Waals surface area contributed by atoms with E-state index in [4.69, 9.17) is 9.47 Å². The van der Waals surface area contributed by atoms with E-state index in [1.165, 1.54) is 7.11 Å². The van der Waals surface area contributed by atoms with Crippen LogP contribution in [0.5, 0.6) is 5.75 Å². The Bertz CT molecular complexity index is 688. The van der Waals surface area contributed by atoms with Crippen LogP contribution in [0.25, 0.3) is 0 Å². The van der Waals surface area contributed by atoms with Gasteiger partial charge >= 0.3 is 12.0 Å². The Morgan fingerprint density at radius 2 is 2.04 bits per heavy atom. The Balaban J connectivity index is 2.43. The summed E-state index contributed by atoms with van der Waals surface area (Å²) in [5.74, 6) is 0.270. The molecule has 1 aliphatic rings. The van der Waals surface area contributed by atoms with Crippen molar-refractivity contribution in [1.82, 2.24) is 10.6 Å². The summed E-state index contributed by atoms with van der Waals surface area (Å²) in [6.07, 6.45) is 2.30. The molecule has 0 fully saturated rings. The molecule has 0 radical (unpaired) electrons. The number of nitrogens with one attached hydrogen (secondary N) is 2. The van der Waals surface area contributed by atoms with E-state index in [-0.39, 0.29) is 6.03 Å². The monoisotopic (exact) mass is 410 g/mol. The number of hydrogen-bond acceptors (Lipinski definition) is 4. The van der Waals surface area contributed by atoms with Crippen molar-refractivity contribution in [3.05, 3.63) is 39.5 Å². The van der Waals surface area contributed by atoms with Crippen molar-refractivity contribution < 1.29 is 19.1 Å². The van der Waals surface area contributed by atoms with Crippen molar-refractivity contribution >= 4 is 27.9 Å². The molecule has 136 valence electrons. The van der Waals surface area contributed by atoms with Crippen molar-refractivity contribution in [2.45, 2.75) is 39.2 Å². The van der Waals surface area contributed by atoms with Crippen LogP contribution in [0, 0.1) is 0 Å². The molecule has 0 saturated carbocycles. The fraction of sp³-hybridized carbons (Fsp3) is 0.444. The molecule has 1 aromatic rings. The molecule has 0 saturated heterocycles. The van der Waals surface area contributed by atoms with Crippen LogP contribution < -0.4 is 15.4 Å². The lowest BCUT2D eigenvalue weighted by atomic mass is 9.94. The highest BCUT2D eigenvalue weighted by molar-refractivity contribution is 9.10. The van der Waals surface area contributed by atoms with Gasteiger partial charge in [-0.05, 0) is 46.5 Å². The normalized spacial score (nSPS) is 17.0. The van der Waals surface area contributed by atoms with Gasteiger partial charge in [-0.2, -0.15) is 0 Å². The van der Waals surface area contributed by atoms with Crippen LogP contribution in [0.2, 0.25) is 0 Å². The molecule has 1 aromatic carbocycles. The van der Waals surface area contributed by atoms with Crippen LogP contribution in [-0.4, -0.2) is 25.7 Å². The van der Waals surface area contributed by atoms with E-state index in [9.17, 15) is 9.59 Å². The maximum Gasteiger partial charge on any atom is 0.337 e. The third-order valence-electron chi connectivity index (χ3n) is 3.81. The fourth-order valence-electron chi connectivity index (χ4n) is 2.69. The molecule has 2 amide bonds. The van der Waals surface area contributed by atoms with Gasteiger partial charge in [0.15, 0.2) is 0 Å². The number of urea groups is 1. The van der Waals surface area contributed by atoms with E-state index in [1.54, 1.807) is 0 Å². The predicted molar refractivity (Wildman–Crippen MR) is 98.3 cm³/mol. The Labute approximate surface area is 156 Å². The van der Waals surface area contributed by atoms with Gasteiger partial charge in [0.05, 0.1) is 29.8 Å². The second-order valence-electron chi connectivity index (χ2n) is 5.70.